The first-order valence-electron chi connectivity index (χ1n) is 13.4. The van der Waals surface area contributed by atoms with E-state index in [1.165, 1.54) is 0 Å². The standard InChI is InChI=1S/C30H36N6O2/c1-19(2)27(37)18-34-25-10-4-8-23-22(25)12-11-20(3)28(23)38-29-24(9-6-15-32-29)26-13-16-33-30(36-26)35-21-7-5-14-31-17-21/h4,6,8-13,15-16,19,21,27,31,34,37H,5,7,14,17-18H2,1-3H3,(H,33,35,36). The van der Waals surface area contributed by atoms with Crippen molar-refractivity contribution in [1.82, 2.24) is 20.3 Å². The number of aromatic nitrogens is 3. The molecule has 4 aromatic rings. The first-order chi connectivity index (χ1) is 18.5. The highest BCUT2D eigenvalue weighted by Gasteiger charge is 2.18. The molecule has 0 bridgehead atoms. The first-order valence-corrected chi connectivity index (χ1v) is 13.4. The Morgan fingerprint density at radius 3 is 2.76 bits per heavy atom. The minimum absolute atomic E-state index is 0.179. The minimum atomic E-state index is -0.427. The van der Waals surface area contributed by atoms with Crippen molar-refractivity contribution in [3.05, 3.63) is 66.5 Å². The quantitative estimate of drug-likeness (QED) is 0.237. The molecule has 8 heteroatoms. The summed E-state index contributed by atoms with van der Waals surface area (Å²) in [7, 11) is 0. The zero-order chi connectivity index (χ0) is 26.5. The van der Waals surface area contributed by atoms with Gasteiger partial charge in [0.1, 0.15) is 5.75 Å². The third kappa shape index (κ3) is 5.87. The number of nitrogens with one attached hydrogen (secondary N) is 3. The maximum atomic E-state index is 10.3. The van der Waals surface area contributed by atoms with Crippen LogP contribution in [0.15, 0.2) is 60.9 Å². The highest BCUT2D eigenvalue weighted by Crippen LogP contribution is 2.38. The number of aliphatic hydroxyl groups excluding tert-OH is 1. The van der Waals surface area contributed by atoms with Gasteiger partial charge in [0.15, 0.2) is 0 Å². The van der Waals surface area contributed by atoms with Crippen molar-refractivity contribution in [1.29, 1.82) is 0 Å². The summed E-state index contributed by atoms with van der Waals surface area (Å²) in [5.41, 5.74) is 3.50. The highest BCUT2D eigenvalue weighted by atomic mass is 16.5. The second kappa shape index (κ2) is 11.8. The molecule has 1 saturated heterocycles. The van der Waals surface area contributed by atoms with Crippen molar-refractivity contribution < 1.29 is 9.84 Å². The lowest BCUT2D eigenvalue weighted by molar-refractivity contribution is 0.138. The smallest absolute Gasteiger partial charge is 0.228 e. The molecule has 0 amide bonds. The fourth-order valence-corrected chi connectivity index (χ4v) is 4.68. The van der Waals surface area contributed by atoms with Crippen molar-refractivity contribution in [2.75, 3.05) is 30.3 Å². The summed E-state index contributed by atoms with van der Waals surface area (Å²) < 4.78 is 6.54. The molecule has 2 atom stereocenters. The molecule has 0 spiro atoms. The van der Waals surface area contributed by atoms with E-state index in [9.17, 15) is 5.11 Å². The molecular weight excluding hydrogens is 476 g/mol. The summed E-state index contributed by atoms with van der Waals surface area (Å²) >= 11 is 0. The molecule has 0 radical (unpaired) electrons. The molecule has 0 saturated carbocycles. The van der Waals surface area contributed by atoms with Gasteiger partial charge in [0.25, 0.3) is 0 Å². The van der Waals surface area contributed by atoms with E-state index in [0.29, 0.717) is 24.4 Å². The van der Waals surface area contributed by atoms with Crippen molar-refractivity contribution in [3.8, 4) is 22.9 Å². The molecule has 2 aromatic heterocycles. The van der Waals surface area contributed by atoms with Crippen LogP contribution >= 0.6 is 0 Å². The Balaban J connectivity index is 1.45. The minimum Gasteiger partial charge on any atom is -0.437 e. The van der Waals surface area contributed by atoms with Crippen LogP contribution in [0.25, 0.3) is 22.0 Å². The van der Waals surface area contributed by atoms with Gasteiger partial charge in [0, 0.05) is 48.0 Å². The number of hydrogen-bond acceptors (Lipinski definition) is 8. The third-order valence-corrected chi connectivity index (χ3v) is 7.01. The first kappa shape index (κ1) is 25.9. The Morgan fingerprint density at radius 2 is 1.95 bits per heavy atom. The topological polar surface area (TPSA) is 104 Å². The number of ether oxygens (including phenoxy) is 1. The SMILES string of the molecule is Cc1ccc2c(NCC(O)C(C)C)cccc2c1Oc1ncccc1-c1ccnc(NC2CCCNC2)n1. The van der Waals surface area contributed by atoms with Crippen LogP contribution in [0.3, 0.4) is 0 Å². The molecule has 38 heavy (non-hydrogen) atoms. The molecule has 1 aliphatic heterocycles. The van der Waals surface area contributed by atoms with Gasteiger partial charge in [0.05, 0.1) is 17.4 Å². The number of rotatable bonds is 9. The molecule has 5 rings (SSSR count). The van der Waals surface area contributed by atoms with Gasteiger partial charge < -0.3 is 25.8 Å². The van der Waals surface area contributed by atoms with Gasteiger partial charge in [0.2, 0.25) is 11.8 Å². The Bertz CT molecular complexity index is 1390. The van der Waals surface area contributed by atoms with Gasteiger partial charge in [-0.2, -0.15) is 0 Å². The van der Waals surface area contributed by atoms with Crippen LogP contribution in [0.4, 0.5) is 11.6 Å². The molecule has 2 aromatic carbocycles. The maximum absolute atomic E-state index is 10.3. The van der Waals surface area contributed by atoms with Crippen LogP contribution in [-0.2, 0) is 0 Å². The Hall–Kier alpha value is -3.75. The van der Waals surface area contributed by atoms with Crippen LogP contribution < -0.4 is 20.7 Å². The van der Waals surface area contributed by atoms with Gasteiger partial charge in [-0.15, -0.1) is 0 Å². The van der Waals surface area contributed by atoms with E-state index in [1.807, 2.05) is 51.1 Å². The van der Waals surface area contributed by atoms with Gasteiger partial charge in [-0.25, -0.2) is 15.0 Å². The number of fused-ring (bicyclic) bond motifs is 1. The second-order valence-corrected chi connectivity index (χ2v) is 10.2. The zero-order valence-electron chi connectivity index (χ0n) is 22.2. The molecule has 198 valence electrons. The number of aliphatic hydroxyl groups is 1. The van der Waals surface area contributed by atoms with Crippen molar-refractivity contribution in [3.63, 3.8) is 0 Å². The van der Waals surface area contributed by atoms with Crippen molar-refractivity contribution in [2.45, 2.75) is 45.8 Å². The average molecular weight is 513 g/mol. The molecule has 0 aliphatic carbocycles. The fourth-order valence-electron chi connectivity index (χ4n) is 4.68. The lowest BCUT2D eigenvalue weighted by Gasteiger charge is -2.23. The maximum Gasteiger partial charge on any atom is 0.228 e. The summed E-state index contributed by atoms with van der Waals surface area (Å²) in [6, 6.07) is 16.3. The van der Waals surface area contributed by atoms with Crippen LogP contribution in [0.5, 0.6) is 11.6 Å². The van der Waals surface area contributed by atoms with Gasteiger partial charge in [-0.3, -0.25) is 0 Å². The number of aryl methyl sites for hydroxylation is 1. The number of nitrogens with zero attached hydrogens (tertiary/aromatic N) is 3. The molecule has 3 heterocycles. The Labute approximate surface area is 223 Å². The number of benzene rings is 2. The number of hydrogen-bond donors (Lipinski definition) is 4. The predicted molar refractivity (Wildman–Crippen MR) is 153 cm³/mol. The van der Waals surface area contributed by atoms with E-state index in [0.717, 1.165) is 65.0 Å². The van der Waals surface area contributed by atoms with E-state index < -0.39 is 6.10 Å². The monoisotopic (exact) mass is 512 g/mol. The normalized spacial score (nSPS) is 16.4. The van der Waals surface area contributed by atoms with Gasteiger partial charge >= 0.3 is 0 Å². The summed E-state index contributed by atoms with van der Waals surface area (Å²) in [6.45, 7) is 8.50. The van der Waals surface area contributed by atoms with Crippen molar-refractivity contribution in [2.24, 2.45) is 5.92 Å². The predicted octanol–water partition coefficient (Wildman–Crippen LogP) is 5.39. The average Bonchev–Trinajstić information content (AvgIpc) is 2.94. The molecule has 2 unspecified atom stereocenters. The van der Waals surface area contributed by atoms with E-state index in [1.54, 1.807) is 12.4 Å². The summed E-state index contributed by atoms with van der Waals surface area (Å²) in [5, 5.41) is 22.6. The van der Waals surface area contributed by atoms with Crippen LogP contribution in [0.2, 0.25) is 0 Å². The van der Waals surface area contributed by atoms with Gasteiger partial charge in [-0.1, -0.05) is 38.1 Å². The number of piperidine rings is 1. The fraction of sp³-hybridized carbons (Fsp3) is 0.367. The second-order valence-electron chi connectivity index (χ2n) is 10.2. The lowest BCUT2D eigenvalue weighted by atomic mass is 10.0. The van der Waals surface area contributed by atoms with Gasteiger partial charge in [-0.05, 0) is 62.1 Å². The molecule has 1 aliphatic rings. The Morgan fingerprint density at radius 1 is 1.05 bits per heavy atom. The van der Waals surface area contributed by atoms with E-state index in [4.69, 9.17) is 9.72 Å². The van der Waals surface area contributed by atoms with Crippen LogP contribution in [0.1, 0.15) is 32.3 Å². The molecular formula is C30H36N6O2. The molecule has 1 fully saturated rings. The summed E-state index contributed by atoms with van der Waals surface area (Å²) in [4.78, 5) is 13.8. The lowest BCUT2D eigenvalue weighted by Crippen LogP contribution is -2.38. The molecule has 4 N–H and O–H groups in total. The van der Waals surface area contributed by atoms with E-state index >= 15 is 0 Å². The van der Waals surface area contributed by atoms with Crippen LogP contribution in [-0.4, -0.2) is 51.8 Å². The number of anilines is 2. The summed E-state index contributed by atoms with van der Waals surface area (Å²) in [5.74, 6) is 2.02. The van der Waals surface area contributed by atoms with E-state index in [-0.39, 0.29) is 5.92 Å². The third-order valence-electron chi connectivity index (χ3n) is 7.01. The highest BCUT2D eigenvalue weighted by molar-refractivity contribution is 5.98. The molecule has 8 nitrogen and oxygen atoms in total. The van der Waals surface area contributed by atoms with Crippen molar-refractivity contribution >= 4 is 22.4 Å². The van der Waals surface area contributed by atoms with Crippen LogP contribution in [0, 0.1) is 12.8 Å². The zero-order valence-corrected chi connectivity index (χ0v) is 22.2. The van der Waals surface area contributed by atoms with E-state index in [2.05, 4.69) is 44.1 Å². The number of pyridine rings is 1. The summed E-state index contributed by atoms with van der Waals surface area (Å²) in [6.07, 6.45) is 5.30. The Kier molecular flexibility index (Phi) is 8.00. The largest absolute Gasteiger partial charge is 0.437 e.